The van der Waals surface area contributed by atoms with Crippen LogP contribution >= 0.6 is 0 Å². The first kappa shape index (κ1) is 13.6. The number of rotatable bonds is 4. The normalized spacial score (nSPS) is 21.4. The highest BCUT2D eigenvalue weighted by Crippen LogP contribution is 2.16. The lowest BCUT2D eigenvalue weighted by Crippen LogP contribution is -2.59. The first-order valence-electron chi connectivity index (χ1n) is 6.51. The fourth-order valence-electron chi connectivity index (χ4n) is 2.16. The van der Waals surface area contributed by atoms with Crippen molar-refractivity contribution >= 4 is 11.8 Å². The molecule has 2 rings (SSSR count). The maximum atomic E-state index is 12.3. The van der Waals surface area contributed by atoms with E-state index in [-0.39, 0.29) is 24.3 Å². The molecule has 0 radical (unpaired) electrons. The zero-order valence-corrected chi connectivity index (χ0v) is 11.5. The molecule has 1 aromatic heterocycles. The van der Waals surface area contributed by atoms with E-state index < -0.39 is 6.04 Å². The number of hydrogen-bond acceptors (Lipinski definition) is 4. The zero-order valence-electron chi connectivity index (χ0n) is 11.5. The SMILES string of the molecule is CCC(C)C1NC(=O)CN(Cc2cc(C)no2)C1=O. The smallest absolute Gasteiger partial charge is 0.246 e. The molecule has 1 fully saturated rings. The van der Waals surface area contributed by atoms with Gasteiger partial charge in [0.15, 0.2) is 5.76 Å². The standard InChI is InChI=1S/C13H19N3O3/c1-4-8(2)12-13(18)16(7-11(17)14-12)6-10-5-9(3)15-19-10/h5,8,12H,4,6-7H2,1-3H3,(H,14,17). The molecule has 0 aliphatic carbocycles. The van der Waals surface area contributed by atoms with Crippen molar-refractivity contribution < 1.29 is 14.1 Å². The van der Waals surface area contributed by atoms with Gasteiger partial charge >= 0.3 is 0 Å². The molecule has 2 atom stereocenters. The van der Waals surface area contributed by atoms with Gasteiger partial charge in [-0.25, -0.2) is 0 Å². The minimum atomic E-state index is -0.435. The zero-order chi connectivity index (χ0) is 14.0. The van der Waals surface area contributed by atoms with Crippen molar-refractivity contribution in [3.8, 4) is 0 Å². The summed E-state index contributed by atoms with van der Waals surface area (Å²) < 4.78 is 5.10. The topological polar surface area (TPSA) is 75.4 Å². The van der Waals surface area contributed by atoms with E-state index in [9.17, 15) is 9.59 Å². The summed E-state index contributed by atoms with van der Waals surface area (Å²) in [6.45, 7) is 6.15. The lowest BCUT2D eigenvalue weighted by molar-refractivity contribution is -0.146. The second-order valence-electron chi connectivity index (χ2n) is 5.06. The monoisotopic (exact) mass is 265 g/mol. The molecule has 0 aromatic carbocycles. The maximum Gasteiger partial charge on any atom is 0.246 e. The van der Waals surface area contributed by atoms with E-state index in [0.717, 1.165) is 12.1 Å². The number of amides is 2. The third kappa shape index (κ3) is 2.94. The van der Waals surface area contributed by atoms with Gasteiger partial charge in [-0.2, -0.15) is 0 Å². The van der Waals surface area contributed by atoms with Gasteiger partial charge in [0, 0.05) is 6.07 Å². The number of piperazine rings is 1. The molecule has 1 aliphatic rings. The number of carbonyl (C=O) groups is 2. The van der Waals surface area contributed by atoms with Crippen LogP contribution in [0.25, 0.3) is 0 Å². The van der Waals surface area contributed by atoms with Crippen molar-refractivity contribution in [2.75, 3.05) is 6.54 Å². The first-order valence-corrected chi connectivity index (χ1v) is 6.51. The van der Waals surface area contributed by atoms with Crippen LogP contribution in [0.15, 0.2) is 10.6 Å². The van der Waals surface area contributed by atoms with Crippen molar-refractivity contribution in [2.24, 2.45) is 5.92 Å². The van der Waals surface area contributed by atoms with E-state index in [0.29, 0.717) is 12.3 Å². The average Bonchev–Trinajstić information content (AvgIpc) is 2.78. The van der Waals surface area contributed by atoms with Crippen molar-refractivity contribution in [1.29, 1.82) is 0 Å². The van der Waals surface area contributed by atoms with Crippen molar-refractivity contribution in [1.82, 2.24) is 15.4 Å². The maximum absolute atomic E-state index is 12.3. The average molecular weight is 265 g/mol. The van der Waals surface area contributed by atoms with Crippen LogP contribution < -0.4 is 5.32 Å². The Morgan fingerprint density at radius 3 is 2.89 bits per heavy atom. The summed E-state index contributed by atoms with van der Waals surface area (Å²) in [5.41, 5.74) is 0.766. The van der Waals surface area contributed by atoms with Crippen LogP contribution in [0.2, 0.25) is 0 Å². The molecule has 0 saturated carbocycles. The molecule has 1 saturated heterocycles. The Morgan fingerprint density at radius 2 is 2.32 bits per heavy atom. The van der Waals surface area contributed by atoms with Crippen LogP contribution in [0.4, 0.5) is 0 Å². The predicted molar refractivity (Wildman–Crippen MR) is 68.0 cm³/mol. The van der Waals surface area contributed by atoms with Crippen molar-refractivity contribution in [3.63, 3.8) is 0 Å². The fourth-order valence-corrected chi connectivity index (χ4v) is 2.16. The molecular weight excluding hydrogens is 246 g/mol. The molecule has 1 N–H and O–H groups in total. The highest BCUT2D eigenvalue weighted by molar-refractivity contribution is 5.94. The number of aryl methyl sites for hydroxylation is 1. The minimum Gasteiger partial charge on any atom is -0.359 e. The molecule has 19 heavy (non-hydrogen) atoms. The molecule has 2 amide bonds. The van der Waals surface area contributed by atoms with Gasteiger partial charge in [-0.05, 0) is 12.8 Å². The van der Waals surface area contributed by atoms with Gasteiger partial charge in [0.05, 0.1) is 12.2 Å². The summed E-state index contributed by atoms with van der Waals surface area (Å²) in [7, 11) is 0. The molecule has 6 heteroatoms. The summed E-state index contributed by atoms with van der Waals surface area (Å²) in [5, 5.41) is 6.54. The number of nitrogens with one attached hydrogen (secondary N) is 1. The third-order valence-electron chi connectivity index (χ3n) is 3.47. The molecule has 6 nitrogen and oxygen atoms in total. The lowest BCUT2D eigenvalue weighted by atomic mass is 9.96. The van der Waals surface area contributed by atoms with Crippen LogP contribution in [0, 0.1) is 12.8 Å². The minimum absolute atomic E-state index is 0.0528. The summed E-state index contributed by atoms with van der Waals surface area (Å²) in [4.78, 5) is 25.5. The van der Waals surface area contributed by atoms with E-state index in [1.165, 1.54) is 4.90 Å². The largest absolute Gasteiger partial charge is 0.359 e. The Morgan fingerprint density at radius 1 is 1.58 bits per heavy atom. The predicted octanol–water partition coefficient (Wildman–Crippen LogP) is 0.856. The van der Waals surface area contributed by atoms with E-state index in [4.69, 9.17) is 4.52 Å². The quantitative estimate of drug-likeness (QED) is 0.876. The van der Waals surface area contributed by atoms with Gasteiger partial charge in [0.1, 0.15) is 12.6 Å². The van der Waals surface area contributed by atoms with Gasteiger partial charge in [0.25, 0.3) is 0 Å². The third-order valence-corrected chi connectivity index (χ3v) is 3.47. The van der Waals surface area contributed by atoms with Gasteiger partial charge < -0.3 is 14.7 Å². The Bertz CT molecular complexity index is 483. The lowest BCUT2D eigenvalue weighted by Gasteiger charge is -2.34. The first-order chi connectivity index (χ1) is 9.01. The van der Waals surface area contributed by atoms with Gasteiger partial charge in [-0.15, -0.1) is 0 Å². The Labute approximate surface area is 112 Å². The molecular formula is C13H19N3O3. The highest BCUT2D eigenvalue weighted by Gasteiger charge is 2.35. The van der Waals surface area contributed by atoms with Crippen LogP contribution in [0.5, 0.6) is 0 Å². The van der Waals surface area contributed by atoms with Gasteiger partial charge in [0.2, 0.25) is 11.8 Å². The molecule has 2 unspecified atom stereocenters. The summed E-state index contributed by atoms with van der Waals surface area (Å²) in [6, 6.07) is 1.34. The molecule has 1 aromatic rings. The number of carbonyl (C=O) groups excluding carboxylic acids is 2. The van der Waals surface area contributed by atoms with Gasteiger partial charge in [-0.1, -0.05) is 25.4 Å². The van der Waals surface area contributed by atoms with Crippen LogP contribution in [0.3, 0.4) is 0 Å². The van der Waals surface area contributed by atoms with E-state index in [1.54, 1.807) is 6.07 Å². The molecule has 2 heterocycles. The molecule has 0 bridgehead atoms. The second-order valence-corrected chi connectivity index (χ2v) is 5.06. The molecule has 1 aliphatic heterocycles. The van der Waals surface area contributed by atoms with E-state index in [1.807, 2.05) is 20.8 Å². The van der Waals surface area contributed by atoms with Gasteiger partial charge in [-0.3, -0.25) is 9.59 Å². The summed E-state index contributed by atoms with van der Waals surface area (Å²) in [5.74, 6) is 0.545. The van der Waals surface area contributed by atoms with Crippen LogP contribution in [0.1, 0.15) is 31.7 Å². The second kappa shape index (κ2) is 5.42. The van der Waals surface area contributed by atoms with E-state index in [2.05, 4.69) is 10.5 Å². The van der Waals surface area contributed by atoms with Crippen LogP contribution in [-0.2, 0) is 16.1 Å². The number of hydrogen-bond donors (Lipinski definition) is 1. The number of aromatic nitrogens is 1. The summed E-state index contributed by atoms with van der Waals surface area (Å²) in [6.07, 6.45) is 0.839. The highest BCUT2D eigenvalue weighted by atomic mass is 16.5. The van der Waals surface area contributed by atoms with Crippen LogP contribution in [-0.4, -0.2) is 34.5 Å². The molecule has 0 spiro atoms. The Kier molecular flexibility index (Phi) is 3.87. The Hall–Kier alpha value is -1.85. The Balaban J connectivity index is 2.11. The van der Waals surface area contributed by atoms with E-state index >= 15 is 0 Å². The van der Waals surface area contributed by atoms with Crippen molar-refractivity contribution in [3.05, 3.63) is 17.5 Å². The summed E-state index contributed by atoms with van der Waals surface area (Å²) >= 11 is 0. The molecule has 104 valence electrons. The fraction of sp³-hybridized carbons (Fsp3) is 0.615. The van der Waals surface area contributed by atoms with Crippen molar-refractivity contribution in [2.45, 2.75) is 39.8 Å². The number of nitrogens with zero attached hydrogens (tertiary/aromatic N) is 2.